The lowest BCUT2D eigenvalue weighted by molar-refractivity contribution is -0.117. The molecule has 1 aromatic heterocycles. The number of anilines is 1. The molecule has 4 aromatic rings. The maximum absolute atomic E-state index is 13.3. The van der Waals surface area contributed by atoms with Crippen LogP contribution in [0.25, 0.3) is 11.0 Å². The topological polar surface area (TPSA) is 47.4 Å². The number of carbonyl (C=O) groups is 1. The second kappa shape index (κ2) is 9.67. The Hall–Kier alpha value is -3.67. The number of unbranched alkanes of at least 4 members (excludes halogenated alkanes) is 1. The average Bonchev–Trinajstić information content (AvgIpc) is 3.41. The fourth-order valence-corrected chi connectivity index (χ4v) is 4.66. The van der Waals surface area contributed by atoms with Crippen molar-refractivity contribution in [1.29, 1.82) is 0 Å². The standard InChI is InChI=1S/C28H28FN3O2/c1-20-8-2-5-11-26(20)34-17-7-6-16-31-25-10-4-3-9-24(25)30-28(31)21-18-27(33)32(19-21)23-14-12-22(29)13-15-23/h2-5,8-15,21H,6-7,16-19H2,1H3. The van der Waals surface area contributed by atoms with Crippen molar-refractivity contribution in [3.05, 3.63) is 90.0 Å². The molecule has 2 heterocycles. The molecule has 0 bridgehead atoms. The molecule has 0 radical (unpaired) electrons. The van der Waals surface area contributed by atoms with Gasteiger partial charge >= 0.3 is 0 Å². The number of hydrogen-bond donors (Lipinski definition) is 0. The molecule has 1 aliphatic heterocycles. The molecule has 0 saturated carbocycles. The molecule has 1 amide bonds. The third kappa shape index (κ3) is 4.53. The molecule has 174 valence electrons. The molecule has 0 N–H and O–H groups in total. The minimum atomic E-state index is -0.305. The zero-order valence-electron chi connectivity index (χ0n) is 19.3. The van der Waals surface area contributed by atoms with E-state index in [1.807, 2.05) is 36.4 Å². The molecule has 3 aromatic carbocycles. The van der Waals surface area contributed by atoms with Gasteiger partial charge in [-0.2, -0.15) is 0 Å². The second-order valence-electron chi connectivity index (χ2n) is 8.81. The van der Waals surface area contributed by atoms with Gasteiger partial charge in [-0.3, -0.25) is 4.79 Å². The van der Waals surface area contributed by atoms with Crippen LogP contribution in [0, 0.1) is 12.7 Å². The zero-order chi connectivity index (χ0) is 23.5. The lowest BCUT2D eigenvalue weighted by Crippen LogP contribution is -2.24. The molecule has 1 saturated heterocycles. The van der Waals surface area contributed by atoms with E-state index >= 15 is 0 Å². The van der Waals surface area contributed by atoms with Crippen molar-refractivity contribution in [2.45, 2.75) is 38.6 Å². The molecule has 5 nitrogen and oxygen atoms in total. The van der Waals surface area contributed by atoms with E-state index in [-0.39, 0.29) is 17.6 Å². The Morgan fingerprint density at radius 2 is 1.76 bits per heavy atom. The van der Waals surface area contributed by atoms with Gasteiger partial charge in [0.1, 0.15) is 17.4 Å². The molecule has 0 aliphatic carbocycles. The van der Waals surface area contributed by atoms with Crippen LogP contribution in [-0.4, -0.2) is 28.6 Å². The Morgan fingerprint density at radius 3 is 2.59 bits per heavy atom. The molecule has 34 heavy (non-hydrogen) atoms. The van der Waals surface area contributed by atoms with Crippen LogP contribution >= 0.6 is 0 Å². The maximum atomic E-state index is 13.3. The molecule has 0 spiro atoms. The van der Waals surface area contributed by atoms with Crippen LogP contribution in [0.5, 0.6) is 5.75 Å². The van der Waals surface area contributed by atoms with Crippen molar-refractivity contribution in [1.82, 2.24) is 9.55 Å². The highest BCUT2D eigenvalue weighted by Gasteiger charge is 2.34. The Kier molecular flexibility index (Phi) is 6.30. The Balaban J connectivity index is 1.30. The van der Waals surface area contributed by atoms with Crippen molar-refractivity contribution in [3.8, 4) is 5.75 Å². The van der Waals surface area contributed by atoms with Crippen LogP contribution in [0.1, 0.15) is 36.6 Å². The summed E-state index contributed by atoms with van der Waals surface area (Å²) in [6, 6.07) is 22.3. The summed E-state index contributed by atoms with van der Waals surface area (Å²) >= 11 is 0. The smallest absolute Gasteiger partial charge is 0.227 e. The van der Waals surface area contributed by atoms with Crippen LogP contribution in [0.3, 0.4) is 0 Å². The van der Waals surface area contributed by atoms with E-state index in [4.69, 9.17) is 9.72 Å². The van der Waals surface area contributed by atoms with Gasteiger partial charge in [0, 0.05) is 31.1 Å². The number of aryl methyl sites for hydroxylation is 2. The van der Waals surface area contributed by atoms with Gasteiger partial charge in [0.15, 0.2) is 0 Å². The summed E-state index contributed by atoms with van der Waals surface area (Å²) in [6.07, 6.45) is 2.27. The predicted octanol–water partition coefficient (Wildman–Crippen LogP) is 5.86. The van der Waals surface area contributed by atoms with E-state index in [0.717, 1.165) is 53.2 Å². The van der Waals surface area contributed by atoms with Crippen LogP contribution in [0.2, 0.25) is 0 Å². The summed E-state index contributed by atoms with van der Waals surface area (Å²) in [6.45, 7) is 4.07. The molecular weight excluding hydrogens is 429 g/mol. The number of ether oxygens (including phenoxy) is 1. The number of halogens is 1. The number of rotatable bonds is 8. The first-order chi connectivity index (χ1) is 16.6. The molecule has 6 heteroatoms. The van der Waals surface area contributed by atoms with Crippen molar-refractivity contribution in [2.24, 2.45) is 0 Å². The summed E-state index contributed by atoms with van der Waals surface area (Å²) in [4.78, 5) is 19.5. The Labute approximate surface area is 198 Å². The SMILES string of the molecule is Cc1ccccc1OCCCCn1c(C2CC(=O)N(c3ccc(F)cc3)C2)nc2ccccc21. The number of amides is 1. The number of para-hydroxylation sites is 3. The van der Waals surface area contributed by atoms with Crippen LogP contribution in [0.4, 0.5) is 10.1 Å². The third-order valence-corrected chi connectivity index (χ3v) is 6.44. The summed E-state index contributed by atoms with van der Waals surface area (Å²) < 4.78 is 21.6. The average molecular weight is 458 g/mol. The van der Waals surface area contributed by atoms with Gasteiger partial charge in [-0.15, -0.1) is 0 Å². The first-order valence-electron chi connectivity index (χ1n) is 11.8. The largest absolute Gasteiger partial charge is 0.493 e. The monoisotopic (exact) mass is 457 g/mol. The van der Waals surface area contributed by atoms with Gasteiger partial charge in [0.05, 0.1) is 17.6 Å². The summed E-state index contributed by atoms with van der Waals surface area (Å²) in [5.41, 5.74) is 3.90. The number of benzene rings is 3. The maximum Gasteiger partial charge on any atom is 0.227 e. The van der Waals surface area contributed by atoms with E-state index in [0.29, 0.717) is 19.6 Å². The highest BCUT2D eigenvalue weighted by Crippen LogP contribution is 2.33. The van der Waals surface area contributed by atoms with Crippen LogP contribution in [0.15, 0.2) is 72.8 Å². The van der Waals surface area contributed by atoms with Crippen molar-refractivity contribution in [2.75, 3.05) is 18.1 Å². The Bertz CT molecular complexity index is 1300. The van der Waals surface area contributed by atoms with Crippen molar-refractivity contribution >= 4 is 22.6 Å². The van der Waals surface area contributed by atoms with Gasteiger partial charge in [0.2, 0.25) is 5.91 Å². The van der Waals surface area contributed by atoms with E-state index < -0.39 is 0 Å². The Morgan fingerprint density at radius 1 is 1.00 bits per heavy atom. The number of carbonyl (C=O) groups excluding carboxylic acids is 1. The van der Waals surface area contributed by atoms with Gasteiger partial charge in [0.25, 0.3) is 0 Å². The molecular formula is C28H28FN3O2. The van der Waals surface area contributed by atoms with Gasteiger partial charge in [-0.25, -0.2) is 9.37 Å². The quantitative estimate of drug-likeness (QED) is 0.311. The summed E-state index contributed by atoms with van der Waals surface area (Å²) in [7, 11) is 0. The molecule has 1 fully saturated rings. The number of fused-ring (bicyclic) bond motifs is 1. The molecule has 1 atom stereocenters. The molecule has 1 aliphatic rings. The number of imidazole rings is 1. The predicted molar refractivity (Wildman–Crippen MR) is 132 cm³/mol. The number of hydrogen-bond acceptors (Lipinski definition) is 3. The third-order valence-electron chi connectivity index (χ3n) is 6.44. The minimum Gasteiger partial charge on any atom is -0.493 e. The van der Waals surface area contributed by atoms with Crippen LogP contribution in [-0.2, 0) is 11.3 Å². The highest BCUT2D eigenvalue weighted by atomic mass is 19.1. The van der Waals surface area contributed by atoms with E-state index in [2.05, 4.69) is 23.6 Å². The first kappa shape index (κ1) is 22.1. The van der Waals surface area contributed by atoms with Gasteiger partial charge < -0.3 is 14.2 Å². The van der Waals surface area contributed by atoms with Gasteiger partial charge in [-0.1, -0.05) is 30.3 Å². The normalized spacial score (nSPS) is 15.9. The first-order valence-corrected chi connectivity index (χ1v) is 11.8. The minimum absolute atomic E-state index is 0.00632. The van der Waals surface area contributed by atoms with E-state index in [1.54, 1.807) is 17.0 Å². The van der Waals surface area contributed by atoms with E-state index in [1.165, 1.54) is 12.1 Å². The van der Waals surface area contributed by atoms with Crippen molar-refractivity contribution < 1.29 is 13.9 Å². The number of nitrogens with zero attached hydrogens (tertiary/aromatic N) is 3. The molecule has 5 rings (SSSR count). The number of aromatic nitrogens is 2. The van der Waals surface area contributed by atoms with E-state index in [9.17, 15) is 9.18 Å². The zero-order valence-corrected chi connectivity index (χ0v) is 19.3. The lowest BCUT2D eigenvalue weighted by Gasteiger charge is -2.17. The highest BCUT2D eigenvalue weighted by molar-refractivity contribution is 5.96. The fourth-order valence-electron chi connectivity index (χ4n) is 4.66. The summed E-state index contributed by atoms with van der Waals surface area (Å²) in [5.74, 6) is 1.61. The lowest BCUT2D eigenvalue weighted by atomic mass is 10.1. The fraction of sp³-hybridized carbons (Fsp3) is 0.286. The second-order valence-corrected chi connectivity index (χ2v) is 8.81. The van der Waals surface area contributed by atoms with Crippen molar-refractivity contribution in [3.63, 3.8) is 0 Å². The van der Waals surface area contributed by atoms with Crippen LogP contribution < -0.4 is 9.64 Å². The van der Waals surface area contributed by atoms with Gasteiger partial charge in [-0.05, 0) is 67.8 Å². The summed E-state index contributed by atoms with van der Waals surface area (Å²) in [5, 5.41) is 0. The molecule has 1 unspecified atom stereocenters.